The minimum atomic E-state index is -3.85. The molecule has 6 nitrogen and oxygen atoms in total. The maximum absolute atomic E-state index is 13.0. The molecule has 0 saturated carbocycles. The molecule has 0 bridgehead atoms. The van der Waals surface area contributed by atoms with Crippen molar-refractivity contribution in [3.8, 4) is 5.88 Å². The van der Waals surface area contributed by atoms with Gasteiger partial charge in [0.05, 0.1) is 29.6 Å². The van der Waals surface area contributed by atoms with Crippen molar-refractivity contribution in [1.82, 2.24) is 4.98 Å². The summed E-state index contributed by atoms with van der Waals surface area (Å²) in [5.74, 6) is -0.311. The number of nitrogens with two attached hydrogens (primary N) is 1. The van der Waals surface area contributed by atoms with Crippen molar-refractivity contribution >= 4 is 21.4 Å². The minimum absolute atomic E-state index is 0.132. The summed E-state index contributed by atoms with van der Waals surface area (Å²) in [5.41, 5.74) is 5.38. The molecule has 106 valence electrons. The first kappa shape index (κ1) is 14.1. The molecule has 0 aliphatic rings. The van der Waals surface area contributed by atoms with E-state index in [2.05, 4.69) is 9.71 Å². The molecule has 0 radical (unpaired) electrons. The molecule has 0 spiro atoms. The second kappa shape index (κ2) is 5.33. The smallest absolute Gasteiger partial charge is 0.262 e. The summed E-state index contributed by atoms with van der Waals surface area (Å²) >= 11 is 0. The molecule has 3 N–H and O–H groups in total. The third-order valence-corrected chi connectivity index (χ3v) is 3.85. The maximum Gasteiger partial charge on any atom is 0.262 e. The summed E-state index contributed by atoms with van der Waals surface area (Å²) in [4.78, 5) is 3.74. The Labute approximate surface area is 115 Å². The number of hydrogen-bond acceptors (Lipinski definition) is 5. The van der Waals surface area contributed by atoms with Crippen molar-refractivity contribution in [1.29, 1.82) is 0 Å². The van der Waals surface area contributed by atoms with Crippen LogP contribution in [-0.2, 0) is 10.0 Å². The van der Waals surface area contributed by atoms with Gasteiger partial charge in [0.15, 0.2) is 0 Å². The monoisotopic (exact) mass is 297 g/mol. The maximum atomic E-state index is 13.0. The zero-order valence-corrected chi connectivity index (χ0v) is 11.3. The van der Waals surface area contributed by atoms with Crippen LogP contribution < -0.4 is 15.2 Å². The van der Waals surface area contributed by atoms with E-state index in [4.69, 9.17) is 10.5 Å². The van der Waals surface area contributed by atoms with Gasteiger partial charge in [-0.1, -0.05) is 0 Å². The molecular weight excluding hydrogens is 285 g/mol. The van der Waals surface area contributed by atoms with Crippen LogP contribution in [0.25, 0.3) is 0 Å². The fourth-order valence-corrected chi connectivity index (χ4v) is 2.54. The molecule has 20 heavy (non-hydrogen) atoms. The zero-order chi connectivity index (χ0) is 14.8. The average molecular weight is 297 g/mol. The predicted molar refractivity (Wildman–Crippen MR) is 72.4 cm³/mol. The van der Waals surface area contributed by atoms with Crippen molar-refractivity contribution in [3.05, 3.63) is 42.3 Å². The van der Waals surface area contributed by atoms with Crippen molar-refractivity contribution in [2.75, 3.05) is 17.6 Å². The van der Waals surface area contributed by atoms with E-state index in [0.717, 1.165) is 18.2 Å². The number of benzene rings is 1. The summed E-state index contributed by atoms with van der Waals surface area (Å²) in [5, 5.41) is 0. The Morgan fingerprint density at radius 3 is 2.60 bits per heavy atom. The standard InChI is InChI=1S/C12H12FN3O3S/c1-19-12-5-2-8(7-15-12)16-20(17,18)9-3-4-10(13)11(14)6-9/h2-7,16H,14H2,1H3. The number of nitrogens with zero attached hydrogens (tertiary/aromatic N) is 1. The number of sulfonamides is 1. The van der Waals surface area contributed by atoms with Crippen molar-refractivity contribution < 1.29 is 17.5 Å². The topological polar surface area (TPSA) is 94.3 Å². The lowest BCUT2D eigenvalue weighted by molar-refractivity contribution is 0.398. The van der Waals surface area contributed by atoms with E-state index in [9.17, 15) is 12.8 Å². The van der Waals surface area contributed by atoms with E-state index in [1.807, 2.05) is 0 Å². The lowest BCUT2D eigenvalue weighted by atomic mass is 10.3. The van der Waals surface area contributed by atoms with E-state index < -0.39 is 15.8 Å². The van der Waals surface area contributed by atoms with Crippen LogP contribution in [0.2, 0.25) is 0 Å². The number of halogens is 1. The molecule has 0 saturated heterocycles. The van der Waals surface area contributed by atoms with Gasteiger partial charge < -0.3 is 10.5 Å². The van der Waals surface area contributed by atoms with Gasteiger partial charge in [0.25, 0.3) is 10.0 Å². The molecule has 1 aromatic carbocycles. The highest BCUT2D eigenvalue weighted by Crippen LogP contribution is 2.20. The molecule has 0 atom stereocenters. The van der Waals surface area contributed by atoms with E-state index in [1.165, 1.54) is 25.4 Å². The van der Waals surface area contributed by atoms with Gasteiger partial charge in [-0.15, -0.1) is 0 Å². The van der Waals surface area contributed by atoms with Gasteiger partial charge >= 0.3 is 0 Å². The summed E-state index contributed by atoms with van der Waals surface area (Å²) in [6, 6.07) is 6.18. The van der Waals surface area contributed by atoms with Gasteiger partial charge in [-0.3, -0.25) is 4.72 Å². The average Bonchev–Trinajstić information content (AvgIpc) is 2.42. The van der Waals surface area contributed by atoms with Crippen LogP contribution in [-0.4, -0.2) is 20.5 Å². The van der Waals surface area contributed by atoms with Crippen LogP contribution in [0.3, 0.4) is 0 Å². The second-order valence-corrected chi connectivity index (χ2v) is 5.56. The Kier molecular flexibility index (Phi) is 3.75. The molecule has 0 aliphatic heterocycles. The molecule has 2 aromatic rings. The summed E-state index contributed by atoms with van der Waals surface area (Å²) < 4.78 is 44.4. The number of hydrogen-bond donors (Lipinski definition) is 2. The van der Waals surface area contributed by atoms with Gasteiger partial charge in [0.2, 0.25) is 5.88 Å². The Morgan fingerprint density at radius 1 is 1.30 bits per heavy atom. The van der Waals surface area contributed by atoms with Crippen LogP contribution in [0.4, 0.5) is 15.8 Å². The first-order valence-electron chi connectivity index (χ1n) is 5.50. The quantitative estimate of drug-likeness (QED) is 0.836. The van der Waals surface area contributed by atoms with Crippen LogP contribution in [0.1, 0.15) is 0 Å². The molecule has 0 amide bonds. The first-order valence-corrected chi connectivity index (χ1v) is 6.98. The fraction of sp³-hybridized carbons (Fsp3) is 0.0833. The number of nitrogens with one attached hydrogen (secondary N) is 1. The molecule has 0 aliphatic carbocycles. The number of nitrogen functional groups attached to an aromatic ring is 1. The van der Waals surface area contributed by atoms with Crippen LogP contribution in [0.5, 0.6) is 5.88 Å². The highest BCUT2D eigenvalue weighted by atomic mass is 32.2. The number of methoxy groups -OCH3 is 1. The van der Waals surface area contributed by atoms with Crippen molar-refractivity contribution in [2.24, 2.45) is 0 Å². The van der Waals surface area contributed by atoms with Crippen molar-refractivity contribution in [2.45, 2.75) is 4.90 Å². The Balaban J connectivity index is 2.27. The number of rotatable bonds is 4. The van der Waals surface area contributed by atoms with Crippen LogP contribution >= 0.6 is 0 Å². The first-order chi connectivity index (χ1) is 9.42. The predicted octanol–water partition coefficient (Wildman–Crippen LogP) is 1.61. The Bertz CT molecular complexity index is 717. The van der Waals surface area contributed by atoms with E-state index in [-0.39, 0.29) is 16.3 Å². The van der Waals surface area contributed by atoms with Gasteiger partial charge in [-0.2, -0.15) is 0 Å². The SMILES string of the molecule is COc1ccc(NS(=O)(=O)c2ccc(F)c(N)c2)cn1. The Morgan fingerprint density at radius 2 is 2.05 bits per heavy atom. The van der Waals surface area contributed by atoms with Crippen molar-refractivity contribution in [3.63, 3.8) is 0 Å². The largest absolute Gasteiger partial charge is 0.481 e. The number of pyridine rings is 1. The van der Waals surface area contributed by atoms with Gasteiger partial charge in [0.1, 0.15) is 5.82 Å². The van der Waals surface area contributed by atoms with E-state index >= 15 is 0 Å². The van der Waals surface area contributed by atoms with E-state index in [1.54, 1.807) is 0 Å². The highest BCUT2D eigenvalue weighted by Gasteiger charge is 2.16. The highest BCUT2D eigenvalue weighted by molar-refractivity contribution is 7.92. The van der Waals surface area contributed by atoms with Gasteiger partial charge in [-0.25, -0.2) is 17.8 Å². The number of ether oxygens (including phenoxy) is 1. The minimum Gasteiger partial charge on any atom is -0.481 e. The second-order valence-electron chi connectivity index (χ2n) is 3.88. The van der Waals surface area contributed by atoms with Gasteiger partial charge in [-0.05, 0) is 24.3 Å². The molecule has 1 aromatic heterocycles. The van der Waals surface area contributed by atoms with Crippen LogP contribution in [0.15, 0.2) is 41.4 Å². The molecule has 0 fully saturated rings. The molecule has 1 heterocycles. The normalized spacial score (nSPS) is 11.1. The lowest BCUT2D eigenvalue weighted by Crippen LogP contribution is -2.13. The van der Waals surface area contributed by atoms with Gasteiger partial charge in [0, 0.05) is 6.07 Å². The third kappa shape index (κ3) is 2.97. The van der Waals surface area contributed by atoms with E-state index in [0.29, 0.717) is 5.88 Å². The van der Waals surface area contributed by atoms with Crippen LogP contribution in [0, 0.1) is 5.82 Å². The lowest BCUT2D eigenvalue weighted by Gasteiger charge is -2.09. The fourth-order valence-electron chi connectivity index (χ4n) is 1.46. The zero-order valence-electron chi connectivity index (χ0n) is 10.5. The molecule has 8 heteroatoms. The molecule has 0 unspecified atom stereocenters. The number of anilines is 2. The third-order valence-electron chi connectivity index (χ3n) is 2.48. The number of aromatic nitrogens is 1. The molecule has 2 rings (SSSR count). The Hall–Kier alpha value is -2.35. The molecular formula is C12H12FN3O3S. The summed E-state index contributed by atoms with van der Waals surface area (Å²) in [7, 11) is -2.40. The summed E-state index contributed by atoms with van der Waals surface area (Å²) in [6.07, 6.45) is 1.31. The summed E-state index contributed by atoms with van der Waals surface area (Å²) in [6.45, 7) is 0.